The van der Waals surface area contributed by atoms with Crippen molar-refractivity contribution in [1.82, 2.24) is 9.97 Å². The topological polar surface area (TPSA) is 92.3 Å². The van der Waals surface area contributed by atoms with E-state index in [0.29, 0.717) is 24.7 Å². The first-order valence-electron chi connectivity index (χ1n) is 8.48. The van der Waals surface area contributed by atoms with E-state index in [9.17, 15) is 13.2 Å². The van der Waals surface area contributed by atoms with Crippen LogP contribution in [0, 0.1) is 12.8 Å². The molecule has 8 heteroatoms. The molecule has 1 unspecified atom stereocenters. The molecular formula is C18H22N4O3S. The summed E-state index contributed by atoms with van der Waals surface area (Å²) in [5.41, 5.74) is 1.02. The van der Waals surface area contributed by atoms with Crippen molar-refractivity contribution < 1.29 is 13.2 Å². The molecule has 26 heavy (non-hydrogen) atoms. The lowest BCUT2D eigenvalue weighted by molar-refractivity contribution is -0.120. The molecule has 138 valence electrons. The number of rotatable bonds is 4. The molecule has 0 aliphatic carbocycles. The predicted octanol–water partition coefficient (Wildman–Crippen LogP) is 2.04. The van der Waals surface area contributed by atoms with Crippen LogP contribution in [-0.2, 0) is 14.6 Å². The first-order valence-corrected chi connectivity index (χ1v) is 10.4. The highest BCUT2D eigenvalue weighted by atomic mass is 32.2. The van der Waals surface area contributed by atoms with E-state index >= 15 is 0 Å². The summed E-state index contributed by atoms with van der Waals surface area (Å²) in [4.78, 5) is 23.1. The minimum Gasteiger partial charge on any atom is -0.355 e. The monoisotopic (exact) mass is 374 g/mol. The Hall–Kier alpha value is -2.48. The second-order valence-corrected chi connectivity index (χ2v) is 8.58. The number of carbonyl (C=O) groups is 1. The van der Waals surface area contributed by atoms with Gasteiger partial charge in [0.2, 0.25) is 5.91 Å². The molecule has 1 saturated heterocycles. The predicted molar refractivity (Wildman–Crippen MR) is 99.9 cm³/mol. The van der Waals surface area contributed by atoms with Crippen molar-refractivity contribution >= 4 is 27.4 Å². The number of hydrogen-bond acceptors (Lipinski definition) is 6. The number of pyridine rings is 2. The number of aromatic nitrogens is 2. The number of nitrogens with zero attached hydrogens (tertiary/aromatic N) is 3. The van der Waals surface area contributed by atoms with Crippen LogP contribution in [0.1, 0.15) is 18.4 Å². The summed E-state index contributed by atoms with van der Waals surface area (Å²) in [6, 6.07) is 6.82. The third-order valence-electron chi connectivity index (χ3n) is 4.40. The highest BCUT2D eigenvalue weighted by Gasteiger charge is 2.29. The molecule has 0 radical (unpaired) electrons. The molecule has 2 aromatic rings. The van der Waals surface area contributed by atoms with Gasteiger partial charge in [0, 0.05) is 31.7 Å². The largest absolute Gasteiger partial charge is 0.355 e. The minimum atomic E-state index is -3.39. The number of aryl methyl sites for hydroxylation is 1. The van der Waals surface area contributed by atoms with Crippen molar-refractivity contribution in [3.8, 4) is 0 Å². The van der Waals surface area contributed by atoms with Gasteiger partial charge in [0.05, 0.1) is 5.92 Å². The zero-order chi connectivity index (χ0) is 18.7. The maximum Gasteiger partial charge on any atom is 0.230 e. The maximum absolute atomic E-state index is 12.6. The summed E-state index contributed by atoms with van der Waals surface area (Å²) in [6.45, 7) is 3.03. The fourth-order valence-electron chi connectivity index (χ4n) is 3.06. The number of piperidine rings is 1. The van der Waals surface area contributed by atoms with Crippen LogP contribution in [-0.4, -0.2) is 43.6 Å². The van der Waals surface area contributed by atoms with Gasteiger partial charge in [0.25, 0.3) is 0 Å². The van der Waals surface area contributed by atoms with E-state index in [0.717, 1.165) is 18.4 Å². The maximum atomic E-state index is 12.6. The van der Waals surface area contributed by atoms with Crippen molar-refractivity contribution in [2.24, 2.45) is 5.92 Å². The van der Waals surface area contributed by atoms with Crippen molar-refractivity contribution in [3.05, 3.63) is 42.2 Å². The first-order chi connectivity index (χ1) is 12.3. The van der Waals surface area contributed by atoms with E-state index in [4.69, 9.17) is 0 Å². The van der Waals surface area contributed by atoms with Crippen LogP contribution in [0.25, 0.3) is 0 Å². The van der Waals surface area contributed by atoms with E-state index < -0.39 is 9.84 Å². The molecule has 1 atom stereocenters. The third kappa shape index (κ3) is 4.19. The lowest BCUT2D eigenvalue weighted by Gasteiger charge is -2.33. The number of anilines is 2. The van der Waals surface area contributed by atoms with E-state index in [1.165, 1.54) is 6.26 Å². The first kappa shape index (κ1) is 18.3. The molecular weight excluding hydrogens is 352 g/mol. The summed E-state index contributed by atoms with van der Waals surface area (Å²) in [5.74, 6) is 0.581. The number of nitrogens with one attached hydrogen (secondary N) is 1. The van der Waals surface area contributed by atoms with Crippen molar-refractivity contribution in [1.29, 1.82) is 0 Å². The number of hydrogen-bond donors (Lipinski definition) is 1. The van der Waals surface area contributed by atoms with Gasteiger partial charge in [-0.2, -0.15) is 0 Å². The molecule has 0 saturated carbocycles. The Bertz CT molecular complexity index is 897. The second kappa shape index (κ2) is 7.41. The molecule has 1 aliphatic rings. The highest BCUT2D eigenvalue weighted by Crippen LogP contribution is 2.27. The molecule has 1 aliphatic heterocycles. The van der Waals surface area contributed by atoms with Gasteiger partial charge in [-0.1, -0.05) is 6.07 Å². The number of sulfone groups is 1. The molecule has 0 bridgehead atoms. The fourth-order valence-corrected chi connectivity index (χ4v) is 3.90. The van der Waals surface area contributed by atoms with Gasteiger partial charge in [0.15, 0.2) is 9.84 Å². The number of carbonyl (C=O) groups excluding carboxylic acids is 1. The average molecular weight is 374 g/mol. The smallest absolute Gasteiger partial charge is 0.230 e. The van der Waals surface area contributed by atoms with Crippen LogP contribution in [0.5, 0.6) is 0 Å². The zero-order valence-electron chi connectivity index (χ0n) is 14.8. The summed E-state index contributed by atoms with van der Waals surface area (Å²) in [6.07, 6.45) is 5.98. The molecule has 1 amide bonds. The third-order valence-corrected chi connectivity index (χ3v) is 5.52. The minimum absolute atomic E-state index is 0.108. The van der Waals surface area contributed by atoms with E-state index in [2.05, 4.69) is 15.3 Å². The number of amides is 1. The Balaban J connectivity index is 1.76. The second-order valence-electron chi connectivity index (χ2n) is 6.59. The lowest BCUT2D eigenvalue weighted by atomic mass is 9.97. The standard InChI is InChI=1S/C18H22N4O3S/c1-13-7-8-16(20-11-13)21-18(23)14-5-4-10-22(12-14)17-15(26(2,24)25)6-3-9-19-17/h3,6-9,11,14H,4-5,10,12H2,1-2H3,(H,20,21,23). The van der Waals surface area contributed by atoms with E-state index in [1.807, 2.05) is 17.9 Å². The highest BCUT2D eigenvalue weighted by molar-refractivity contribution is 7.90. The molecule has 3 rings (SSSR count). The van der Waals surface area contributed by atoms with Gasteiger partial charge in [-0.05, 0) is 43.5 Å². The van der Waals surface area contributed by atoms with E-state index in [-0.39, 0.29) is 16.7 Å². The van der Waals surface area contributed by atoms with Crippen molar-refractivity contribution in [3.63, 3.8) is 0 Å². The average Bonchev–Trinajstić information content (AvgIpc) is 2.63. The van der Waals surface area contributed by atoms with Gasteiger partial charge in [-0.25, -0.2) is 18.4 Å². The van der Waals surface area contributed by atoms with Gasteiger partial charge in [-0.3, -0.25) is 4.79 Å². The van der Waals surface area contributed by atoms with Crippen LogP contribution in [0.2, 0.25) is 0 Å². The Morgan fingerprint density at radius 1 is 1.27 bits per heavy atom. The zero-order valence-corrected chi connectivity index (χ0v) is 15.7. The summed E-state index contributed by atoms with van der Waals surface area (Å²) >= 11 is 0. The Morgan fingerprint density at radius 3 is 2.77 bits per heavy atom. The molecule has 3 heterocycles. The molecule has 2 aromatic heterocycles. The summed E-state index contributed by atoms with van der Waals surface area (Å²) in [7, 11) is -3.39. The molecule has 1 N–H and O–H groups in total. The van der Waals surface area contributed by atoms with Crippen LogP contribution in [0.4, 0.5) is 11.6 Å². The van der Waals surface area contributed by atoms with Crippen LogP contribution >= 0.6 is 0 Å². The summed E-state index contributed by atoms with van der Waals surface area (Å²) in [5, 5.41) is 2.84. The van der Waals surface area contributed by atoms with E-state index in [1.54, 1.807) is 30.6 Å². The van der Waals surface area contributed by atoms with Crippen LogP contribution < -0.4 is 10.2 Å². The Labute approximate surface area is 153 Å². The lowest BCUT2D eigenvalue weighted by Crippen LogP contribution is -2.41. The Kier molecular flexibility index (Phi) is 5.22. The molecule has 7 nitrogen and oxygen atoms in total. The van der Waals surface area contributed by atoms with Crippen LogP contribution in [0.3, 0.4) is 0 Å². The normalized spacial score (nSPS) is 17.8. The summed E-state index contributed by atoms with van der Waals surface area (Å²) < 4.78 is 24.1. The fraction of sp³-hybridized carbons (Fsp3) is 0.389. The quantitative estimate of drug-likeness (QED) is 0.880. The van der Waals surface area contributed by atoms with Gasteiger partial charge in [0.1, 0.15) is 16.5 Å². The van der Waals surface area contributed by atoms with Crippen molar-refractivity contribution in [2.45, 2.75) is 24.7 Å². The van der Waals surface area contributed by atoms with Gasteiger partial charge in [-0.15, -0.1) is 0 Å². The molecule has 0 spiro atoms. The van der Waals surface area contributed by atoms with Gasteiger partial charge < -0.3 is 10.2 Å². The molecule has 1 fully saturated rings. The van der Waals surface area contributed by atoms with Crippen molar-refractivity contribution in [2.75, 3.05) is 29.6 Å². The molecule has 0 aromatic carbocycles. The van der Waals surface area contributed by atoms with Crippen LogP contribution in [0.15, 0.2) is 41.6 Å². The Morgan fingerprint density at radius 2 is 2.08 bits per heavy atom. The SMILES string of the molecule is Cc1ccc(NC(=O)C2CCCN(c3ncccc3S(C)(=O)=O)C2)nc1. The van der Waals surface area contributed by atoms with Gasteiger partial charge >= 0.3 is 0 Å².